The summed E-state index contributed by atoms with van der Waals surface area (Å²) in [4.78, 5) is 25.8. The van der Waals surface area contributed by atoms with Crippen LogP contribution in [0.25, 0.3) is 0 Å². The van der Waals surface area contributed by atoms with Crippen LogP contribution in [-0.4, -0.2) is 42.0 Å². The van der Waals surface area contributed by atoms with Crippen LogP contribution in [0.15, 0.2) is 42.5 Å². The van der Waals surface area contributed by atoms with Crippen LogP contribution in [0.1, 0.15) is 42.0 Å². The molecule has 2 aromatic carbocycles. The molecule has 160 valence electrons. The van der Waals surface area contributed by atoms with Gasteiger partial charge in [-0.15, -0.1) is 0 Å². The molecule has 1 amide bonds. The van der Waals surface area contributed by atoms with Gasteiger partial charge in [0.15, 0.2) is 12.6 Å². The third kappa shape index (κ3) is 5.08. The molecular formula is C25H33N2O3+. The van der Waals surface area contributed by atoms with Gasteiger partial charge in [0, 0.05) is 18.5 Å². The van der Waals surface area contributed by atoms with E-state index in [1.165, 1.54) is 5.56 Å². The number of amides is 1. The number of anilines is 1. The predicted molar refractivity (Wildman–Crippen MR) is 119 cm³/mol. The van der Waals surface area contributed by atoms with Crippen molar-refractivity contribution in [2.24, 2.45) is 0 Å². The minimum atomic E-state index is -0.322. The molecule has 30 heavy (non-hydrogen) atoms. The van der Waals surface area contributed by atoms with Gasteiger partial charge in [0.05, 0.1) is 13.1 Å². The molecular weight excluding hydrogens is 376 g/mol. The van der Waals surface area contributed by atoms with Crippen LogP contribution in [0.4, 0.5) is 5.69 Å². The van der Waals surface area contributed by atoms with Crippen molar-refractivity contribution in [1.82, 2.24) is 0 Å². The molecule has 2 aromatic rings. The molecule has 0 aromatic heterocycles. The number of ether oxygens (including phenoxy) is 1. The quantitative estimate of drug-likeness (QED) is 0.548. The van der Waals surface area contributed by atoms with Gasteiger partial charge >= 0.3 is 5.97 Å². The topological polar surface area (TPSA) is 55.4 Å². The van der Waals surface area contributed by atoms with E-state index >= 15 is 0 Å². The number of likely N-dealkylation sites (tertiary alicyclic amines) is 1. The summed E-state index contributed by atoms with van der Waals surface area (Å²) in [6.45, 7) is 10.2. The van der Waals surface area contributed by atoms with Crippen LogP contribution in [0.3, 0.4) is 0 Å². The highest BCUT2D eigenvalue weighted by Gasteiger charge is 2.43. The van der Waals surface area contributed by atoms with Gasteiger partial charge in [-0.2, -0.15) is 0 Å². The molecule has 0 aliphatic carbocycles. The van der Waals surface area contributed by atoms with Crippen molar-refractivity contribution in [3.05, 3.63) is 64.7 Å². The van der Waals surface area contributed by atoms with Crippen molar-refractivity contribution < 1.29 is 18.8 Å². The van der Waals surface area contributed by atoms with Gasteiger partial charge in [-0.05, 0) is 44.4 Å². The van der Waals surface area contributed by atoms with E-state index in [1.54, 1.807) is 0 Å². The zero-order chi connectivity index (χ0) is 21.7. The van der Waals surface area contributed by atoms with Gasteiger partial charge in [-0.1, -0.05) is 48.0 Å². The molecule has 1 heterocycles. The van der Waals surface area contributed by atoms with Crippen LogP contribution in [0.5, 0.6) is 0 Å². The predicted octanol–water partition coefficient (Wildman–Crippen LogP) is 4.29. The van der Waals surface area contributed by atoms with E-state index in [9.17, 15) is 9.59 Å². The molecule has 1 saturated heterocycles. The number of hydrogen-bond acceptors (Lipinski definition) is 3. The SMILES string of the molecule is Cc1cc(C)c(NC(=O)C(C)[N+]2(CC(=O)OCc3ccccc3)CCCC2)c(C)c1. The number of hydrogen-bond donors (Lipinski definition) is 1. The summed E-state index contributed by atoms with van der Waals surface area (Å²) in [6.07, 6.45) is 2.04. The Morgan fingerprint density at radius 2 is 1.63 bits per heavy atom. The molecule has 1 aliphatic heterocycles. The van der Waals surface area contributed by atoms with Crippen LogP contribution in [-0.2, 0) is 20.9 Å². The highest BCUT2D eigenvalue weighted by Crippen LogP contribution is 2.27. The summed E-state index contributed by atoms with van der Waals surface area (Å²) in [5.74, 6) is -0.286. The molecule has 0 spiro atoms. The van der Waals surface area contributed by atoms with Gasteiger partial charge in [-0.25, -0.2) is 4.79 Å². The molecule has 1 N–H and O–H groups in total. The molecule has 0 saturated carbocycles. The Labute approximate surface area is 179 Å². The van der Waals surface area contributed by atoms with E-state index in [0.717, 1.165) is 48.3 Å². The molecule has 3 rings (SSSR count). The third-order valence-electron chi connectivity index (χ3n) is 6.27. The smallest absolute Gasteiger partial charge is 0.362 e. The molecule has 1 atom stereocenters. The monoisotopic (exact) mass is 409 g/mol. The van der Waals surface area contributed by atoms with Crippen molar-refractivity contribution in [2.75, 3.05) is 25.0 Å². The third-order valence-corrected chi connectivity index (χ3v) is 6.27. The fourth-order valence-electron chi connectivity index (χ4n) is 4.54. The average molecular weight is 410 g/mol. The van der Waals surface area contributed by atoms with Gasteiger partial charge in [0.2, 0.25) is 0 Å². The number of aryl methyl sites for hydroxylation is 3. The number of nitrogens with one attached hydrogen (secondary N) is 1. The summed E-state index contributed by atoms with van der Waals surface area (Å²) >= 11 is 0. The van der Waals surface area contributed by atoms with Gasteiger partial charge < -0.3 is 14.5 Å². The molecule has 5 nitrogen and oxygen atoms in total. The first-order valence-electron chi connectivity index (χ1n) is 10.7. The average Bonchev–Trinajstić information content (AvgIpc) is 3.18. The minimum absolute atomic E-state index is 0.0391. The summed E-state index contributed by atoms with van der Waals surface area (Å²) in [7, 11) is 0. The summed E-state index contributed by atoms with van der Waals surface area (Å²) in [5.41, 5.74) is 5.14. The van der Waals surface area contributed by atoms with E-state index in [-0.39, 0.29) is 31.1 Å². The second-order valence-corrected chi connectivity index (χ2v) is 8.62. The lowest BCUT2D eigenvalue weighted by molar-refractivity contribution is -0.922. The van der Waals surface area contributed by atoms with E-state index < -0.39 is 0 Å². The number of nitrogens with zero attached hydrogens (tertiary/aromatic N) is 1. The lowest BCUT2D eigenvalue weighted by atomic mass is 10.0. The maximum Gasteiger partial charge on any atom is 0.362 e. The normalized spacial score (nSPS) is 16.1. The van der Waals surface area contributed by atoms with Gasteiger partial charge in [0.1, 0.15) is 6.61 Å². The van der Waals surface area contributed by atoms with Crippen molar-refractivity contribution in [2.45, 2.75) is 53.2 Å². The minimum Gasteiger partial charge on any atom is -0.457 e. The zero-order valence-corrected chi connectivity index (χ0v) is 18.5. The van der Waals surface area contributed by atoms with Crippen LogP contribution >= 0.6 is 0 Å². The number of rotatable bonds is 7. The summed E-state index contributed by atoms with van der Waals surface area (Å²) < 4.78 is 5.99. The maximum atomic E-state index is 13.2. The molecule has 0 bridgehead atoms. The van der Waals surface area contributed by atoms with Crippen molar-refractivity contribution in [1.29, 1.82) is 0 Å². The molecule has 0 radical (unpaired) electrons. The number of esters is 1. The number of quaternary nitrogens is 1. The Bertz CT molecular complexity index is 879. The molecule has 1 aliphatic rings. The Hall–Kier alpha value is -2.66. The second kappa shape index (κ2) is 9.43. The summed E-state index contributed by atoms with van der Waals surface area (Å²) in [6, 6.07) is 13.5. The van der Waals surface area contributed by atoms with E-state index in [4.69, 9.17) is 4.74 Å². The van der Waals surface area contributed by atoms with Crippen molar-refractivity contribution in [3.63, 3.8) is 0 Å². The zero-order valence-electron chi connectivity index (χ0n) is 18.5. The van der Waals surface area contributed by atoms with Crippen LogP contribution < -0.4 is 5.32 Å². The number of benzene rings is 2. The maximum absolute atomic E-state index is 13.2. The Balaban J connectivity index is 1.68. The largest absolute Gasteiger partial charge is 0.457 e. The van der Waals surface area contributed by atoms with Crippen LogP contribution in [0, 0.1) is 20.8 Å². The standard InChI is InChI=1S/C25H32N2O3/c1-18-14-19(2)24(20(3)15-18)26-25(29)21(4)27(12-8-9-13-27)16-23(28)30-17-22-10-6-5-7-11-22/h5-7,10-11,14-15,21H,8-9,12-13,16-17H2,1-4H3/p+1. The fourth-order valence-corrected chi connectivity index (χ4v) is 4.54. The number of carbonyl (C=O) groups is 2. The summed E-state index contributed by atoms with van der Waals surface area (Å²) in [5, 5.41) is 3.13. The molecule has 1 unspecified atom stereocenters. The van der Waals surface area contributed by atoms with E-state index in [0.29, 0.717) is 4.48 Å². The lowest BCUT2D eigenvalue weighted by Crippen LogP contribution is -2.59. The van der Waals surface area contributed by atoms with E-state index in [1.807, 2.05) is 51.1 Å². The fraction of sp³-hybridized carbons (Fsp3) is 0.440. The van der Waals surface area contributed by atoms with Gasteiger partial charge in [0.25, 0.3) is 5.91 Å². The van der Waals surface area contributed by atoms with Crippen molar-refractivity contribution >= 4 is 17.6 Å². The first-order valence-corrected chi connectivity index (χ1v) is 10.7. The first-order chi connectivity index (χ1) is 14.3. The molecule has 5 heteroatoms. The van der Waals surface area contributed by atoms with Crippen molar-refractivity contribution in [3.8, 4) is 0 Å². The van der Waals surface area contributed by atoms with Crippen LogP contribution in [0.2, 0.25) is 0 Å². The second-order valence-electron chi connectivity index (χ2n) is 8.62. The molecule has 1 fully saturated rings. The Morgan fingerprint density at radius 1 is 1.03 bits per heavy atom. The first kappa shape index (κ1) is 22.0. The Kier molecular flexibility index (Phi) is 6.93. The van der Waals surface area contributed by atoms with E-state index in [2.05, 4.69) is 24.4 Å². The Morgan fingerprint density at radius 3 is 2.23 bits per heavy atom. The highest BCUT2D eigenvalue weighted by molar-refractivity contribution is 5.95. The van der Waals surface area contributed by atoms with Gasteiger partial charge in [-0.3, -0.25) is 4.79 Å². The lowest BCUT2D eigenvalue weighted by Gasteiger charge is -2.38. The highest BCUT2D eigenvalue weighted by atomic mass is 16.5. The number of carbonyl (C=O) groups excluding carboxylic acids is 2.